The summed E-state index contributed by atoms with van der Waals surface area (Å²) in [5.74, 6) is 0.749. The van der Waals surface area contributed by atoms with E-state index >= 15 is 0 Å². The Morgan fingerprint density at radius 3 is 2.73 bits per heavy atom. The van der Waals surface area contributed by atoms with Crippen LogP contribution in [0.25, 0.3) is 0 Å². The lowest BCUT2D eigenvalue weighted by atomic mass is 10.0. The van der Waals surface area contributed by atoms with E-state index in [1.54, 1.807) is 0 Å². The third kappa shape index (κ3) is 2.89. The zero-order valence-corrected chi connectivity index (χ0v) is 7.12. The van der Waals surface area contributed by atoms with Gasteiger partial charge in [-0.25, -0.2) is 0 Å². The van der Waals surface area contributed by atoms with Crippen molar-refractivity contribution in [3.63, 3.8) is 0 Å². The molecule has 1 saturated heterocycles. The molecule has 0 bridgehead atoms. The van der Waals surface area contributed by atoms with E-state index < -0.39 is 0 Å². The molecule has 0 atom stereocenters. The van der Waals surface area contributed by atoms with Crippen LogP contribution in [0.4, 0.5) is 0 Å². The van der Waals surface area contributed by atoms with Gasteiger partial charge in [0.1, 0.15) is 0 Å². The summed E-state index contributed by atoms with van der Waals surface area (Å²) in [7, 11) is 1.96. The van der Waals surface area contributed by atoms with E-state index in [0.717, 1.165) is 25.7 Å². The molecule has 0 aliphatic carbocycles. The van der Waals surface area contributed by atoms with Crippen LogP contribution in [0.5, 0.6) is 0 Å². The van der Waals surface area contributed by atoms with Crippen LogP contribution >= 0.6 is 0 Å². The molecule has 0 aromatic rings. The highest BCUT2D eigenvalue weighted by molar-refractivity contribution is 5.22. The predicted molar refractivity (Wildman–Crippen MR) is 45.7 cm³/mol. The molecule has 0 radical (unpaired) electrons. The summed E-state index contributed by atoms with van der Waals surface area (Å²) in [5, 5.41) is 5.72. The van der Waals surface area contributed by atoms with Crippen LogP contribution in [0.15, 0.2) is 5.10 Å². The maximum Gasteiger partial charge on any atom is 0.0469 e. The van der Waals surface area contributed by atoms with Crippen molar-refractivity contribution in [2.24, 2.45) is 11.0 Å². The van der Waals surface area contributed by atoms with Crippen LogP contribution in [-0.4, -0.2) is 38.5 Å². The minimum absolute atomic E-state index is 0.749. The van der Waals surface area contributed by atoms with E-state index in [1.165, 1.54) is 12.8 Å². The first-order valence-corrected chi connectivity index (χ1v) is 4.08. The van der Waals surface area contributed by atoms with E-state index in [0.29, 0.717) is 0 Å². The second-order valence-corrected chi connectivity index (χ2v) is 3.04. The van der Waals surface area contributed by atoms with Gasteiger partial charge in [0.2, 0.25) is 0 Å². The molecule has 1 fully saturated rings. The Kier molecular flexibility index (Phi) is 3.36. The number of nitrogens with zero attached hydrogens (tertiary/aromatic N) is 2. The number of hydrogen-bond acceptors (Lipinski definition) is 3. The molecule has 0 saturated carbocycles. The van der Waals surface area contributed by atoms with Crippen molar-refractivity contribution in [2.45, 2.75) is 12.8 Å². The standard InChI is InChI=1S/C8H16N2O/c1-9-10(2)7-8-3-5-11-6-4-8/h8H,1,3-7H2,2H3. The molecule has 0 N–H and O–H groups in total. The zero-order chi connectivity index (χ0) is 8.10. The first kappa shape index (κ1) is 8.53. The lowest BCUT2D eigenvalue weighted by Crippen LogP contribution is -2.26. The molecule has 3 nitrogen and oxygen atoms in total. The first-order chi connectivity index (χ1) is 5.33. The van der Waals surface area contributed by atoms with Gasteiger partial charge in [0.25, 0.3) is 0 Å². The first-order valence-electron chi connectivity index (χ1n) is 4.08. The SMILES string of the molecule is C=NN(C)CC1CCOCC1. The maximum atomic E-state index is 5.25. The fourth-order valence-corrected chi connectivity index (χ4v) is 1.36. The molecule has 3 heteroatoms. The number of hydrazone groups is 1. The van der Waals surface area contributed by atoms with Gasteiger partial charge in [0.05, 0.1) is 0 Å². The van der Waals surface area contributed by atoms with Crippen molar-refractivity contribution >= 4 is 6.72 Å². The molecule has 1 aliphatic heterocycles. The van der Waals surface area contributed by atoms with Crippen LogP contribution in [0.3, 0.4) is 0 Å². The Morgan fingerprint density at radius 2 is 2.18 bits per heavy atom. The molecule has 1 heterocycles. The van der Waals surface area contributed by atoms with Gasteiger partial charge >= 0.3 is 0 Å². The monoisotopic (exact) mass is 156 g/mol. The van der Waals surface area contributed by atoms with Gasteiger partial charge in [0, 0.05) is 33.5 Å². The molecule has 0 spiro atoms. The molecule has 0 unspecified atom stereocenters. The molecule has 0 aromatic heterocycles. The van der Waals surface area contributed by atoms with Crippen molar-refractivity contribution in [3.8, 4) is 0 Å². The Morgan fingerprint density at radius 1 is 1.55 bits per heavy atom. The summed E-state index contributed by atoms with van der Waals surface area (Å²) >= 11 is 0. The Labute approximate surface area is 68.0 Å². The fourth-order valence-electron chi connectivity index (χ4n) is 1.36. The van der Waals surface area contributed by atoms with Crippen molar-refractivity contribution in [3.05, 3.63) is 0 Å². The van der Waals surface area contributed by atoms with E-state index in [4.69, 9.17) is 4.74 Å². The molecular formula is C8H16N2O. The van der Waals surface area contributed by atoms with Crippen LogP contribution in [0, 0.1) is 5.92 Å². The maximum absolute atomic E-state index is 5.25. The highest BCUT2D eigenvalue weighted by Gasteiger charge is 2.14. The summed E-state index contributed by atoms with van der Waals surface area (Å²) in [6, 6.07) is 0. The van der Waals surface area contributed by atoms with Crippen molar-refractivity contribution in [1.29, 1.82) is 0 Å². The second kappa shape index (κ2) is 4.34. The molecule has 0 amide bonds. The lowest BCUT2D eigenvalue weighted by molar-refractivity contribution is 0.0562. The minimum Gasteiger partial charge on any atom is -0.381 e. The summed E-state index contributed by atoms with van der Waals surface area (Å²) < 4.78 is 5.25. The van der Waals surface area contributed by atoms with Gasteiger partial charge in [-0.05, 0) is 18.8 Å². The van der Waals surface area contributed by atoms with Gasteiger partial charge in [-0.3, -0.25) is 0 Å². The van der Waals surface area contributed by atoms with Gasteiger partial charge < -0.3 is 9.75 Å². The highest BCUT2D eigenvalue weighted by atomic mass is 16.5. The Bertz CT molecular complexity index is 121. The third-order valence-corrected chi connectivity index (χ3v) is 2.10. The number of rotatable bonds is 3. The zero-order valence-electron chi connectivity index (χ0n) is 7.12. The third-order valence-electron chi connectivity index (χ3n) is 2.10. The fraction of sp³-hybridized carbons (Fsp3) is 0.875. The van der Waals surface area contributed by atoms with E-state index in [2.05, 4.69) is 11.8 Å². The summed E-state index contributed by atoms with van der Waals surface area (Å²) in [6.07, 6.45) is 2.33. The number of ether oxygens (including phenoxy) is 1. The highest BCUT2D eigenvalue weighted by Crippen LogP contribution is 2.15. The average Bonchev–Trinajstić information content (AvgIpc) is 2.06. The summed E-state index contributed by atoms with van der Waals surface area (Å²) in [6.45, 7) is 6.32. The molecular weight excluding hydrogens is 140 g/mol. The summed E-state index contributed by atoms with van der Waals surface area (Å²) in [5.41, 5.74) is 0. The molecule has 64 valence electrons. The average molecular weight is 156 g/mol. The van der Waals surface area contributed by atoms with Crippen molar-refractivity contribution in [2.75, 3.05) is 26.8 Å². The van der Waals surface area contributed by atoms with Crippen LogP contribution in [0.2, 0.25) is 0 Å². The minimum atomic E-state index is 0.749. The quantitative estimate of drug-likeness (QED) is 0.449. The van der Waals surface area contributed by atoms with Crippen molar-refractivity contribution in [1.82, 2.24) is 5.01 Å². The largest absolute Gasteiger partial charge is 0.381 e. The van der Waals surface area contributed by atoms with Gasteiger partial charge in [-0.15, -0.1) is 0 Å². The normalized spacial score (nSPS) is 19.7. The van der Waals surface area contributed by atoms with E-state index in [1.807, 2.05) is 12.1 Å². The van der Waals surface area contributed by atoms with Crippen LogP contribution in [0.1, 0.15) is 12.8 Å². The topological polar surface area (TPSA) is 24.8 Å². The van der Waals surface area contributed by atoms with Gasteiger partial charge in [0.15, 0.2) is 0 Å². The van der Waals surface area contributed by atoms with Gasteiger partial charge in [-0.1, -0.05) is 0 Å². The van der Waals surface area contributed by atoms with Crippen LogP contribution < -0.4 is 0 Å². The second-order valence-electron chi connectivity index (χ2n) is 3.04. The van der Waals surface area contributed by atoms with E-state index in [9.17, 15) is 0 Å². The molecule has 0 aromatic carbocycles. The van der Waals surface area contributed by atoms with Gasteiger partial charge in [-0.2, -0.15) is 5.10 Å². The molecule has 1 rings (SSSR count). The lowest BCUT2D eigenvalue weighted by Gasteiger charge is -2.25. The Balaban J connectivity index is 2.18. The Hall–Kier alpha value is -0.570. The molecule has 11 heavy (non-hydrogen) atoms. The smallest absolute Gasteiger partial charge is 0.0469 e. The predicted octanol–water partition coefficient (Wildman–Crippen LogP) is 0.960. The van der Waals surface area contributed by atoms with Crippen LogP contribution in [-0.2, 0) is 4.74 Å². The van der Waals surface area contributed by atoms with Crippen molar-refractivity contribution < 1.29 is 4.74 Å². The number of hydrogen-bond donors (Lipinski definition) is 0. The van der Waals surface area contributed by atoms with E-state index in [-0.39, 0.29) is 0 Å². The molecule has 1 aliphatic rings. The summed E-state index contributed by atoms with van der Waals surface area (Å²) in [4.78, 5) is 0.